The van der Waals surface area contributed by atoms with Gasteiger partial charge in [-0.1, -0.05) is 23.7 Å². The summed E-state index contributed by atoms with van der Waals surface area (Å²) in [5.74, 6) is 0.770. The maximum absolute atomic E-state index is 11.8. The van der Waals surface area contributed by atoms with Crippen LogP contribution in [0.3, 0.4) is 0 Å². The van der Waals surface area contributed by atoms with Gasteiger partial charge in [0.2, 0.25) is 5.91 Å². The van der Waals surface area contributed by atoms with Gasteiger partial charge in [-0.15, -0.1) is 0 Å². The number of amides is 1. The number of aromatic nitrogens is 1. The van der Waals surface area contributed by atoms with Crippen LogP contribution >= 0.6 is 11.6 Å². The maximum Gasteiger partial charge on any atom is 0.222 e. The molecule has 27 heavy (non-hydrogen) atoms. The van der Waals surface area contributed by atoms with E-state index in [2.05, 4.69) is 31.2 Å². The number of nitrogens with zero attached hydrogens (tertiary/aromatic N) is 2. The third-order valence-corrected chi connectivity index (χ3v) is 4.95. The van der Waals surface area contributed by atoms with Gasteiger partial charge in [0.05, 0.1) is 23.3 Å². The number of methoxy groups -OCH3 is 1. The lowest BCUT2D eigenvalue weighted by Crippen LogP contribution is -2.21. The summed E-state index contributed by atoms with van der Waals surface area (Å²) < 4.78 is 5.23. The van der Waals surface area contributed by atoms with E-state index in [9.17, 15) is 4.79 Å². The van der Waals surface area contributed by atoms with E-state index >= 15 is 0 Å². The number of fused-ring (bicyclic) bond motifs is 1. The van der Waals surface area contributed by atoms with Crippen LogP contribution in [-0.2, 0) is 11.2 Å². The minimum Gasteiger partial charge on any atom is -0.495 e. The fourth-order valence-corrected chi connectivity index (χ4v) is 3.31. The molecule has 0 radical (unpaired) electrons. The summed E-state index contributed by atoms with van der Waals surface area (Å²) in [5, 5.41) is 1.67. The zero-order valence-corrected chi connectivity index (χ0v) is 16.8. The van der Waals surface area contributed by atoms with Gasteiger partial charge in [-0.25, -0.2) is 4.98 Å². The van der Waals surface area contributed by atoms with Crippen molar-refractivity contribution in [1.82, 2.24) is 9.88 Å². The predicted molar refractivity (Wildman–Crippen MR) is 110 cm³/mol. The predicted octanol–water partition coefficient (Wildman–Crippen LogP) is 4.89. The monoisotopic (exact) mass is 382 g/mol. The molecule has 3 rings (SSSR count). The number of hydrogen-bond donors (Lipinski definition) is 0. The van der Waals surface area contributed by atoms with Crippen molar-refractivity contribution in [3.05, 3.63) is 58.6 Å². The van der Waals surface area contributed by atoms with E-state index in [1.165, 1.54) is 0 Å². The first-order chi connectivity index (χ1) is 12.9. The van der Waals surface area contributed by atoms with E-state index in [1.54, 1.807) is 26.1 Å². The van der Waals surface area contributed by atoms with Crippen molar-refractivity contribution in [1.29, 1.82) is 0 Å². The van der Waals surface area contributed by atoms with Gasteiger partial charge in [0.25, 0.3) is 0 Å². The molecule has 0 N–H and O–H groups in total. The Labute approximate surface area is 164 Å². The Balaban J connectivity index is 1.96. The molecule has 0 saturated carbocycles. The molecule has 0 spiro atoms. The molecule has 0 saturated heterocycles. The van der Waals surface area contributed by atoms with Crippen LogP contribution in [0.4, 0.5) is 0 Å². The number of rotatable bonds is 5. The van der Waals surface area contributed by atoms with E-state index in [0.29, 0.717) is 23.6 Å². The van der Waals surface area contributed by atoms with E-state index in [4.69, 9.17) is 21.3 Å². The number of carbonyl (C=O) groups is 1. The first kappa shape index (κ1) is 19.2. The average Bonchev–Trinajstić information content (AvgIpc) is 2.65. The molecule has 5 heteroatoms. The smallest absolute Gasteiger partial charge is 0.222 e. The molecular weight excluding hydrogens is 360 g/mol. The first-order valence-corrected chi connectivity index (χ1v) is 9.21. The molecular formula is C22H23ClN2O2. The maximum atomic E-state index is 11.8. The van der Waals surface area contributed by atoms with E-state index in [0.717, 1.165) is 33.3 Å². The van der Waals surface area contributed by atoms with Gasteiger partial charge in [-0.3, -0.25) is 4.79 Å². The molecule has 3 aromatic rings. The first-order valence-electron chi connectivity index (χ1n) is 8.83. The van der Waals surface area contributed by atoms with Crippen LogP contribution in [0.15, 0.2) is 42.5 Å². The number of carbonyl (C=O) groups excluding carboxylic acids is 1. The highest BCUT2D eigenvalue weighted by molar-refractivity contribution is 6.32. The molecule has 0 aliphatic carbocycles. The summed E-state index contributed by atoms with van der Waals surface area (Å²) in [7, 11) is 5.15. The Hall–Kier alpha value is -2.59. The third kappa shape index (κ3) is 4.22. The topological polar surface area (TPSA) is 42.4 Å². The van der Waals surface area contributed by atoms with Crippen molar-refractivity contribution in [2.45, 2.75) is 19.8 Å². The van der Waals surface area contributed by atoms with Gasteiger partial charge in [0, 0.05) is 31.5 Å². The molecule has 1 aromatic heterocycles. The van der Waals surface area contributed by atoms with E-state index < -0.39 is 0 Å². The van der Waals surface area contributed by atoms with Crippen LogP contribution in [-0.4, -0.2) is 37.0 Å². The van der Waals surface area contributed by atoms with Crippen LogP contribution in [0, 0.1) is 6.92 Å². The molecule has 0 unspecified atom stereocenters. The number of benzene rings is 2. The van der Waals surface area contributed by atoms with Gasteiger partial charge < -0.3 is 9.64 Å². The average molecular weight is 383 g/mol. The standard InChI is InChI=1S/C22H23ClN2O2/c1-14-11-19(16-7-9-21(27-4)18(23)13-16)24-20-12-15(5-8-17(14)20)6-10-22(26)25(2)3/h5,7-9,11-13H,6,10H2,1-4H3. The quantitative estimate of drug-likeness (QED) is 0.630. The lowest BCUT2D eigenvalue weighted by Gasteiger charge is -2.11. The fraction of sp³-hybridized carbons (Fsp3) is 0.273. The Kier molecular flexibility index (Phi) is 5.66. The van der Waals surface area contributed by atoms with Crippen LogP contribution in [0.25, 0.3) is 22.2 Å². The number of ether oxygens (including phenoxy) is 1. The fourth-order valence-electron chi connectivity index (χ4n) is 3.05. The number of halogens is 1. The van der Waals surface area contributed by atoms with Crippen molar-refractivity contribution < 1.29 is 9.53 Å². The van der Waals surface area contributed by atoms with E-state index in [1.807, 2.05) is 18.2 Å². The number of hydrogen-bond acceptors (Lipinski definition) is 3. The molecule has 1 amide bonds. The molecule has 140 valence electrons. The van der Waals surface area contributed by atoms with Crippen LogP contribution in [0.5, 0.6) is 5.75 Å². The van der Waals surface area contributed by atoms with Gasteiger partial charge in [-0.2, -0.15) is 0 Å². The molecule has 0 atom stereocenters. The summed E-state index contributed by atoms with van der Waals surface area (Å²) in [5.41, 5.74) is 4.99. The van der Waals surface area contributed by atoms with Gasteiger partial charge in [0.15, 0.2) is 0 Å². The van der Waals surface area contributed by atoms with Crippen molar-refractivity contribution in [2.75, 3.05) is 21.2 Å². The molecule has 1 heterocycles. The highest BCUT2D eigenvalue weighted by atomic mass is 35.5. The Morgan fingerprint density at radius 1 is 1.15 bits per heavy atom. The van der Waals surface area contributed by atoms with Gasteiger partial charge >= 0.3 is 0 Å². The molecule has 0 bridgehead atoms. The second-order valence-corrected chi connectivity index (χ2v) is 7.22. The summed E-state index contributed by atoms with van der Waals surface area (Å²) in [6.45, 7) is 2.08. The van der Waals surface area contributed by atoms with Gasteiger partial charge in [0.1, 0.15) is 5.75 Å². The van der Waals surface area contributed by atoms with E-state index in [-0.39, 0.29) is 5.91 Å². The van der Waals surface area contributed by atoms with Gasteiger partial charge in [-0.05, 0) is 54.8 Å². The summed E-state index contributed by atoms with van der Waals surface area (Å²) >= 11 is 6.27. The second kappa shape index (κ2) is 7.97. The van der Waals surface area contributed by atoms with Crippen LogP contribution < -0.4 is 4.74 Å². The highest BCUT2D eigenvalue weighted by Crippen LogP contribution is 2.31. The summed E-state index contributed by atoms with van der Waals surface area (Å²) in [4.78, 5) is 18.3. The normalized spacial score (nSPS) is 10.9. The number of aryl methyl sites for hydroxylation is 2. The zero-order chi connectivity index (χ0) is 19.6. The van der Waals surface area contributed by atoms with Crippen molar-refractivity contribution in [3.8, 4) is 17.0 Å². The molecule has 0 aliphatic rings. The molecule has 4 nitrogen and oxygen atoms in total. The Morgan fingerprint density at radius 3 is 2.59 bits per heavy atom. The molecule has 0 aliphatic heterocycles. The van der Waals surface area contributed by atoms with Crippen LogP contribution in [0.1, 0.15) is 17.5 Å². The zero-order valence-electron chi connectivity index (χ0n) is 16.0. The number of pyridine rings is 1. The summed E-state index contributed by atoms with van der Waals surface area (Å²) in [6.07, 6.45) is 1.19. The minimum atomic E-state index is 0.126. The SMILES string of the molecule is COc1ccc(-c2cc(C)c3ccc(CCC(=O)N(C)C)cc3n2)cc1Cl. The third-order valence-electron chi connectivity index (χ3n) is 4.66. The highest BCUT2D eigenvalue weighted by Gasteiger charge is 2.10. The largest absolute Gasteiger partial charge is 0.495 e. The lowest BCUT2D eigenvalue weighted by atomic mass is 10.0. The van der Waals surface area contributed by atoms with Crippen molar-refractivity contribution >= 4 is 28.4 Å². The lowest BCUT2D eigenvalue weighted by molar-refractivity contribution is -0.128. The van der Waals surface area contributed by atoms with Crippen LogP contribution in [0.2, 0.25) is 5.02 Å². The molecule has 0 fully saturated rings. The molecule has 2 aromatic carbocycles. The van der Waals surface area contributed by atoms with Crippen molar-refractivity contribution in [3.63, 3.8) is 0 Å². The Bertz CT molecular complexity index is 999. The van der Waals surface area contributed by atoms with Crippen molar-refractivity contribution in [2.24, 2.45) is 0 Å². The summed E-state index contributed by atoms with van der Waals surface area (Å²) in [6, 6.07) is 14.0. The minimum absolute atomic E-state index is 0.126. The second-order valence-electron chi connectivity index (χ2n) is 6.81. The Morgan fingerprint density at radius 2 is 1.93 bits per heavy atom.